The summed E-state index contributed by atoms with van der Waals surface area (Å²) in [5.41, 5.74) is 9.89. The van der Waals surface area contributed by atoms with Gasteiger partial charge in [-0.15, -0.1) is 0 Å². The number of aryl methyl sites for hydroxylation is 10. The van der Waals surface area contributed by atoms with E-state index < -0.39 is 31.5 Å². The fraction of sp³-hybridized carbons (Fsp3) is 0.311. The van der Waals surface area contributed by atoms with E-state index in [1.54, 1.807) is 0 Å². The first-order valence-electron chi connectivity index (χ1n) is 27.3. The normalized spacial score (nSPS) is 15.8. The van der Waals surface area contributed by atoms with Gasteiger partial charge in [0.15, 0.2) is 0 Å². The van der Waals surface area contributed by atoms with E-state index >= 15 is 0 Å². The summed E-state index contributed by atoms with van der Waals surface area (Å²) >= 11 is 0. The minimum atomic E-state index is -10.7. The third-order valence-electron chi connectivity index (χ3n) is 14.6. The van der Waals surface area contributed by atoms with Crippen LogP contribution in [0, 0.1) is 27.7 Å². The van der Waals surface area contributed by atoms with Crippen molar-refractivity contribution in [3.8, 4) is 34.5 Å². The fourth-order valence-corrected chi connectivity index (χ4v) is 16.4. The van der Waals surface area contributed by atoms with Crippen molar-refractivity contribution in [2.75, 3.05) is 0 Å². The second kappa shape index (κ2) is 21.8. The van der Waals surface area contributed by atoms with Crippen LogP contribution in [0.15, 0.2) is 135 Å². The van der Waals surface area contributed by atoms with E-state index in [4.69, 9.17) is 14.2 Å². The molecule has 3 aliphatic heterocycles. The van der Waals surface area contributed by atoms with Crippen LogP contribution in [0.5, 0.6) is 34.5 Å². The van der Waals surface area contributed by atoms with Crippen molar-refractivity contribution in [1.29, 1.82) is 0 Å². The van der Waals surface area contributed by atoms with E-state index in [1.807, 2.05) is 0 Å². The van der Waals surface area contributed by atoms with Crippen LogP contribution in [0.4, 0.5) is 50.4 Å². The van der Waals surface area contributed by atoms with Gasteiger partial charge in [-0.05, 0) is 167 Å². The quantitative estimate of drug-likeness (QED) is 0.0472. The number of fused-ring (bicyclic) bond motifs is 6. The SMILES string of the molecule is Cc1ccc2c(c1)P(c1cc(CCCCCn3cc[n+](C)c3)cc3c1Oc1c(P4c5cc(C)ccc5Oc5ccc(C)cc54)cc(CCCCCn4cc[n+](C)c4)cc1C3(C)C)c1cc(C)ccc1O2.F[P-](F)(F)(F)(F)F.F[P-](F)(F)(F)(F)F. The van der Waals surface area contributed by atoms with Crippen LogP contribution < -0.4 is 55.2 Å². The monoisotopic (exact) mass is 1250 g/mol. The second-order valence-electron chi connectivity index (χ2n) is 22.6. The van der Waals surface area contributed by atoms with Crippen molar-refractivity contribution in [3.63, 3.8) is 0 Å². The van der Waals surface area contributed by atoms with Crippen molar-refractivity contribution in [1.82, 2.24) is 9.13 Å². The Morgan fingerprint density at radius 1 is 0.417 bits per heavy atom. The van der Waals surface area contributed by atoms with Gasteiger partial charge in [0.05, 0.1) is 27.2 Å². The van der Waals surface area contributed by atoms with Crippen LogP contribution in [-0.4, -0.2) is 9.13 Å². The molecule has 0 saturated heterocycles. The first kappa shape index (κ1) is 62.5. The number of ether oxygens (including phenoxy) is 3. The predicted octanol–water partition coefficient (Wildman–Crippen LogP) is 17.9. The molecule has 7 nitrogen and oxygen atoms in total. The number of halogens is 12. The number of hydrogen-bond acceptors (Lipinski definition) is 3. The molecule has 0 spiro atoms. The number of nitrogens with zero attached hydrogens (tertiary/aromatic N) is 4. The maximum absolute atomic E-state index is 10.7. The average Bonchev–Trinajstić information content (AvgIpc) is 1.29. The number of unbranched alkanes of at least 4 members (excludes halogenated alkanes) is 4. The summed E-state index contributed by atoms with van der Waals surface area (Å²) in [5, 5.41) is 7.57. The number of rotatable bonds is 14. The van der Waals surface area contributed by atoms with Crippen molar-refractivity contribution >= 4 is 63.3 Å². The van der Waals surface area contributed by atoms with Crippen LogP contribution in [0.25, 0.3) is 0 Å². The van der Waals surface area contributed by atoms with Gasteiger partial charge in [0.1, 0.15) is 59.3 Å². The van der Waals surface area contributed by atoms with Crippen molar-refractivity contribution in [2.24, 2.45) is 14.1 Å². The van der Waals surface area contributed by atoms with Gasteiger partial charge >= 0.3 is 66.0 Å². The zero-order valence-electron chi connectivity index (χ0n) is 47.6. The summed E-state index contributed by atoms with van der Waals surface area (Å²) in [7, 11) is -19.3. The first-order chi connectivity index (χ1) is 38.8. The Balaban J connectivity index is 0.000000540. The zero-order chi connectivity index (χ0) is 61.1. The van der Waals surface area contributed by atoms with Crippen molar-refractivity contribution in [3.05, 3.63) is 179 Å². The van der Waals surface area contributed by atoms with Gasteiger partial charge in [0, 0.05) is 48.4 Å². The first-order valence-corrected chi connectivity index (χ1v) is 34.1. The molecule has 8 aromatic rings. The van der Waals surface area contributed by atoms with Crippen molar-refractivity contribution in [2.45, 2.75) is 111 Å². The molecule has 3 aliphatic rings. The molecule has 0 atom stereocenters. The molecular formula is C61H66F12N4O3P4. The standard InChI is InChI=1S/C61H66N4O3P2.2F6P/c1-41-17-21-49-53(31-41)69(54-32-42(2)18-22-50(54)66-49)57-37-45(15-11-9-13-25-64-29-27-62(7)39-64)35-47-59(57)68-60-48(61(47,5)6)36-46(16-12-10-14-26-65-30-28-63(8)40-65)38-58(60)70-55-33-43(3)19-23-51(55)67-52-24-20-44(4)34-56(52)70;2*1-7(2,3,4,5)6/h17-24,27-40H,9-16,25-26H2,1-8H3;;/q+2;2*-1. The topological polar surface area (TPSA) is 45.3 Å². The third kappa shape index (κ3) is 16.7. The van der Waals surface area contributed by atoms with Gasteiger partial charge < -0.3 is 14.2 Å². The van der Waals surface area contributed by atoms with Crippen LogP contribution in [-0.2, 0) is 45.4 Å². The van der Waals surface area contributed by atoms with Gasteiger partial charge in [0.25, 0.3) is 0 Å². The molecule has 11 rings (SSSR count). The minimum absolute atomic E-state index is 0.370. The Bertz CT molecular complexity index is 3440. The summed E-state index contributed by atoms with van der Waals surface area (Å²) < 4.78 is 149. The molecule has 452 valence electrons. The van der Waals surface area contributed by atoms with Crippen LogP contribution in [0.1, 0.15) is 96.9 Å². The molecule has 0 N–H and O–H groups in total. The number of benzene rings is 6. The Morgan fingerprint density at radius 2 is 0.726 bits per heavy atom. The van der Waals surface area contributed by atoms with E-state index in [-0.39, 0.29) is 5.41 Å². The Labute approximate surface area is 483 Å². The second-order valence-corrected chi connectivity index (χ2v) is 30.7. The van der Waals surface area contributed by atoms with Gasteiger partial charge in [0.2, 0.25) is 12.7 Å². The predicted molar refractivity (Wildman–Crippen MR) is 315 cm³/mol. The number of imidazole rings is 2. The molecular weight excluding hydrogens is 1190 g/mol. The molecule has 0 fully saturated rings. The van der Waals surface area contributed by atoms with Gasteiger partial charge in [-0.1, -0.05) is 72.5 Å². The Hall–Kier alpha value is -5.98. The van der Waals surface area contributed by atoms with E-state index in [0.29, 0.717) is 0 Å². The zero-order valence-corrected chi connectivity index (χ0v) is 51.2. The molecule has 0 unspecified atom stereocenters. The molecule has 23 heteroatoms. The van der Waals surface area contributed by atoms with Gasteiger partial charge in [-0.2, -0.15) is 0 Å². The van der Waals surface area contributed by atoms with Crippen LogP contribution in [0.3, 0.4) is 0 Å². The summed E-state index contributed by atoms with van der Waals surface area (Å²) in [6, 6.07) is 37.0. The number of hydrogen-bond donors (Lipinski definition) is 0. The molecule has 0 radical (unpaired) electrons. The van der Waals surface area contributed by atoms with Crippen LogP contribution in [0.2, 0.25) is 0 Å². The summed E-state index contributed by atoms with van der Waals surface area (Å²) in [6.45, 7) is 15.8. The Kier molecular flexibility index (Phi) is 16.2. The van der Waals surface area contributed by atoms with Gasteiger partial charge in [-0.3, -0.25) is 0 Å². The fourth-order valence-electron chi connectivity index (χ4n) is 10.8. The van der Waals surface area contributed by atoms with Gasteiger partial charge in [-0.25, -0.2) is 18.3 Å². The average molecular weight is 1260 g/mol. The molecule has 84 heavy (non-hydrogen) atoms. The van der Waals surface area contributed by atoms with Crippen molar-refractivity contribution < 1.29 is 73.7 Å². The summed E-state index contributed by atoms with van der Waals surface area (Å²) in [5.74, 6) is 5.80. The molecule has 0 saturated carbocycles. The third-order valence-corrected chi connectivity index (χ3v) is 19.5. The molecule has 6 aromatic carbocycles. The molecule has 0 amide bonds. The van der Waals surface area contributed by atoms with Crippen LogP contribution >= 0.6 is 31.5 Å². The molecule has 2 aromatic heterocycles. The van der Waals surface area contributed by atoms with E-state index in [9.17, 15) is 50.4 Å². The Morgan fingerprint density at radius 3 is 1.01 bits per heavy atom. The summed E-state index contributed by atoms with van der Waals surface area (Å²) in [6.07, 6.45) is 21.8. The molecule has 0 aliphatic carbocycles. The molecule has 0 bridgehead atoms. The van der Waals surface area contributed by atoms with E-state index in [0.717, 1.165) is 99.0 Å². The molecule has 5 heterocycles. The summed E-state index contributed by atoms with van der Waals surface area (Å²) in [4.78, 5) is 0. The maximum atomic E-state index is 9.87. The number of aromatic nitrogens is 4. The van der Waals surface area contributed by atoms with E-state index in [2.05, 4.69) is 208 Å². The van der Waals surface area contributed by atoms with E-state index in [1.165, 1.54) is 76.3 Å².